The fourth-order valence-electron chi connectivity index (χ4n) is 4.12. The molecule has 0 radical (unpaired) electrons. The minimum Gasteiger partial charge on any atom is -0.465 e. The van der Waals surface area contributed by atoms with Gasteiger partial charge in [-0.15, -0.1) is 0 Å². The van der Waals surface area contributed by atoms with Crippen LogP contribution in [0.15, 0.2) is 73.1 Å². The molecule has 0 saturated carbocycles. The minimum atomic E-state index is -1.41. The molecule has 0 N–H and O–H groups in total. The Morgan fingerprint density at radius 3 is 2.36 bits per heavy atom. The van der Waals surface area contributed by atoms with Crippen molar-refractivity contribution in [3.8, 4) is 11.1 Å². The Morgan fingerprint density at radius 2 is 1.73 bits per heavy atom. The van der Waals surface area contributed by atoms with Gasteiger partial charge in [0.25, 0.3) is 0 Å². The third-order valence-corrected chi connectivity index (χ3v) is 5.98. The maximum atomic E-state index is 14.3. The molecule has 4 aromatic rings. The second-order valence-electron chi connectivity index (χ2n) is 8.89. The van der Waals surface area contributed by atoms with Crippen LogP contribution in [0.25, 0.3) is 16.8 Å². The van der Waals surface area contributed by atoms with Crippen molar-refractivity contribution in [2.75, 3.05) is 6.61 Å². The van der Waals surface area contributed by atoms with E-state index in [0.717, 1.165) is 16.7 Å². The van der Waals surface area contributed by atoms with Crippen LogP contribution in [0.5, 0.6) is 0 Å². The Labute approximate surface area is 193 Å². The zero-order valence-corrected chi connectivity index (χ0v) is 19.4. The number of carbonyl (C=O) groups excluding carboxylic acids is 1. The van der Waals surface area contributed by atoms with Gasteiger partial charge in [-0.1, -0.05) is 54.6 Å². The Balaban J connectivity index is 1.81. The smallest absolute Gasteiger partial charge is 0.318 e. The number of hydrogen-bond acceptors (Lipinski definition) is 4. The van der Waals surface area contributed by atoms with Gasteiger partial charge in [0.2, 0.25) is 0 Å². The first kappa shape index (κ1) is 22.6. The lowest BCUT2D eigenvalue weighted by molar-refractivity contribution is -0.149. The van der Waals surface area contributed by atoms with Crippen molar-refractivity contribution < 1.29 is 13.9 Å². The van der Waals surface area contributed by atoms with E-state index in [9.17, 15) is 9.18 Å². The van der Waals surface area contributed by atoms with Crippen molar-refractivity contribution in [1.82, 2.24) is 14.6 Å². The second-order valence-corrected chi connectivity index (χ2v) is 8.89. The van der Waals surface area contributed by atoms with E-state index in [0.29, 0.717) is 29.9 Å². The summed E-state index contributed by atoms with van der Waals surface area (Å²) in [5.74, 6) is -0.312. The van der Waals surface area contributed by atoms with E-state index in [-0.39, 0.29) is 5.97 Å². The summed E-state index contributed by atoms with van der Waals surface area (Å²) in [4.78, 5) is 17.8. The minimum absolute atomic E-state index is 0.291. The van der Waals surface area contributed by atoms with E-state index in [1.54, 1.807) is 36.0 Å². The summed E-state index contributed by atoms with van der Waals surface area (Å²) in [6.07, 6.45) is 3.88. The summed E-state index contributed by atoms with van der Waals surface area (Å²) in [6.45, 7) is 7.05. The van der Waals surface area contributed by atoms with Crippen LogP contribution >= 0.6 is 0 Å². The highest BCUT2D eigenvalue weighted by Gasteiger charge is 2.39. The van der Waals surface area contributed by atoms with Gasteiger partial charge in [0.05, 0.1) is 18.5 Å². The van der Waals surface area contributed by atoms with E-state index >= 15 is 0 Å². The van der Waals surface area contributed by atoms with E-state index in [4.69, 9.17) is 4.74 Å². The highest BCUT2D eigenvalue weighted by Crippen LogP contribution is 2.33. The number of carbonyl (C=O) groups is 1. The summed E-state index contributed by atoms with van der Waals surface area (Å²) in [7, 11) is 0. The Morgan fingerprint density at radius 1 is 1.03 bits per heavy atom. The van der Waals surface area contributed by atoms with Gasteiger partial charge in [0.15, 0.2) is 5.65 Å². The number of rotatable bonds is 7. The molecule has 0 spiro atoms. The third-order valence-electron chi connectivity index (χ3n) is 5.98. The maximum absolute atomic E-state index is 14.3. The Bertz CT molecular complexity index is 1260. The normalized spacial score (nSPS) is 13.6. The topological polar surface area (TPSA) is 56.5 Å². The largest absolute Gasteiger partial charge is 0.465 e. The first-order valence-corrected chi connectivity index (χ1v) is 11.1. The van der Waals surface area contributed by atoms with Crippen molar-refractivity contribution in [1.29, 1.82) is 0 Å². The van der Waals surface area contributed by atoms with Gasteiger partial charge in [0, 0.05) is 11.8 Å². The van der Waals surface area contributed by atoms with Crippen molar-refractivity contribution in [3.05, 3.63) is 89.9 Å². The van der Waals surface area contributed by atoms with Crippen LogP contribution in [0.3, 0.4) is 0 Å². The van der Waals surface area contributed by atoms with Gasteiger partial charge in [-0.2, -0.15) is 5.10 Å². The molecule has 4 rings (SSSR count). The van der Waals surface area contributed by atoms with E-state index in [1.165, 1.54) is 13.8 Å². The first-order valence-electron chi connectivity index (χ1n) is 11.1. The zero-order chi connectivity index (χ0) is 23.6. The molecule has 1 unspecified atom stereocenters. The molecule has 2 heterocycles. The van der Waals surface area contributed by atoms with Crippen molar-refractivity contribution in [2.24, 2.45) is 0 Å². The average molecular weight is 446 g/mol. The molecule has 0 aliphatic carbocycles. The van der Waals surface area contributed by atoms with Crippen LogP contribution in [-0.4, -0.2) is 27.2 Å². The molecule has 2 aromatic heterocycles. The summed E-state index contributed by atoms with van der Waals surface area (Å²) >= 11 is 0. The molecule has 0 saturated heterocycles. The summed E-state index contributed by atoms with van der Waals surface area (Å²) in [6, 6.07) is 19.0. The van der Waals surface area contributed by atoms with Crippen molar-refractivity contribution in [2.45, 2.75) is 45.2 Å². The van der Waals surface area contributed by atoms with Crippen LogP contribution in [0.4, 0.5) is 4.39 Å². The second kappa shape index (κ2) is 8.77. The molecule has 0 aliphatic heterocycles. The number of benzene rings is 2. The van der Waals surface area contributed by atoms with Crippen LogP contribution in [-0.2, 0) is 27.0 Å². The summed E-state index contributed by atoms with van der Waals surface area (Å²) in [5.41, 5.74) is 2.26. The van der Waals surface area contributed by atoms with Gasteiger partial charge in [-0.05, 0) is 56.9 Å². The fourth-order valence-corrected chi connectivity index (χ4v) is 4.12. The molecule has 6 heteroatoms. The zero-order valence-electron chi connectivity index (χ0n) is 19.4. The SMILES string of the molecule is CCOC(=O)C(C)(Cc1ccccc1)c1ccnc2c(-c3ccc(C(C)(C)F)cc3)cnn12. The van der Waals surface area contributed by atoms with E-state index < -0.39 is 11.1 Å². The number of ether oxygens (including phenoxy) is 1. The molecule has 33 heavy (non-hydrogen) atoms. The molecule has 5 nitrogen and oxygen atoms in total. The number of alkyl halides is 1. The van der Waals surface area contributed by atoms with Gasteiger partial charge in [-0.3, -0.25) is 4.79 Å². The molecular weight excluding hydrogens is 417 g/mol. The van der Waals surface area contributed by atoms with Gasteiger partial charge < -0.3 is 4.74 Å². The van der Waals surface area contributed by atoms with Gasteiger partial charge >= 0.3 is 5.97 Å². The molecule has 0 aliphatic rings. The summed E-state index contributed by atoms with van der Waals surface area (Å²) in [5, 5.41) is 4.59. The lowest BCUT2D eigenvalue weighted by Crippen LogP contribution is -2.38. The quantitative estimate of drug-likeness (QED) is 0.344. The lowest BCUT2D eigenvalue weighted by Gasteiger charge is -2.28. The molecule has 0 bridgehead atoms. The van der Waals surface area contributed by atoms with E-state index in [2.05, 4.69) is 10.1 Å². The number of aromatic nitrogens is 3. The number of esters is 1. The van der Waals surface area contributed by atoms with E-state index in [1.807, 2.05) is 55.5 Å². The predicted molar refractivity (Wildman–Crippen MR) is 127 cm³/mol. The van der Waals surface area contributed by atoms with Gasteiger partial charge in [0.1, 0.15) is 11.1 Å². The van der Waals surface area contributed by atoms with Crippen molar-refractivity contribution in [3.63, 3.8) is 0 Å². The molecule has 1 atom stereocenters. The summed E-state index contributed by atoms with van der Waals surface area (Å²) < 4.78 is 21.5. The molecular formula is C27H28FN3O2. The number of nitrogens with zero attached hydrogens (tertiary/aromatic N) is 3. The first-order chi connectivity index (χ1) is 15.7. The molecule has 0 amide bonds. The standard InChI is InChI=1S/C27H28FN3O2/c1-5-33-25(32)27(4,17-19-9-7-6-8-10-19)23-15-16-29-24-22(18-30-31(23)24)20-11-13-21(14-12-20)26(2,3)28/h6-16,18H,5,17H2,1-4H3. The number of fused-ring (bicyclic) bond motifs is 1. The van der Waals surface area contributed by atoms with Crippen LogP contribution < -0.4 is 0 Å². The van der Waals surface area contributed by atoms with Crippen LogP contribution in [0.2, 0.25) is 0 Å². The van der Waals surface area contributed by atoms with Crippen LogP contribution in [0.1, 0.15) is 44.5 Å². The Hall–Kier alpha value is -3.54. The average Bonchev–Trinajstić information content (AvgIpc) is 3.23. The monoisotopic (exact) mass is 445 g/mol. The highest BCUT2D eigenvalue weighted by atomic mass is 19.1. The number of hydrogen-bond donors (Lipinski definition) is 0. The highest BCUT2D eigenvalue weighted by molar-refractivity contribution is 5.84. The van der Waals surface area contributed by atoms with Gasteiger partial charge in [-0.25, -0.2) is 13.9 Å². The predicted octanol–water partition coefficient (Wildman–Crippen LogP) is 5.66. The Kier molecular flexibility index (Phi) is 6.02. The van der Waals surface area contributed by atoms with Crippen molar-refractivity contribution >= 4 is 11.6 Å². The third kappa shape index (κ3) is 4.38. The number of halogens is 1. The fraction of sp³-hybridized carbons (Fsp3) is 0.296. The maximum Gasteiger partial charge on any atom is 0.318 e. The molecule has 0 fully saturated rings. The lowest BCUT2D eigenvalue weighted by atomic mass is 9.80. The van der Waals surface area contributed by atoms with Crippen LogP contribution in [0, 0.1) is 0 Å². The molecule has 2 aromatic carbocycles. The molecule has 170 valence electrons.